The highest BCUT2D eigenvalue weighted by molar-refractivity contribution is 5.95. The topological polar surface area (TPSA) is 111 Å². The fraction of sp³-hybridized carbons (Fsp3) is 0.143. The minimum atomic E-state index is -0.440. The summed E-state index contributed by atoms with van der Waals surface area (Å²) < 4.78 is 15.1. The van der Waals surface area contributed by atoms with Gasteiger partial charge in [0.05, 0.1) is 12.7 Å². The molecule has 1 aromatic carbocycles. The third-order valence-electron chi connectivity index (χ3n) is 4.57. The zero-order valence-corrected chi connectivity index (χ0v) is 16.7. The number of hydrogen-bond donors (Lipinski definition) is 2. The first kappa shape index (κ1) is 20.1. The first-order valence-corrected chi connectivity index (χ1v) is 9.46. The minimum Gasteiger partial charge on any atom is -0.378 e. The molecule has 0 unspecified atom stereocenters. The Labute approximate surface area is 177 Å². The highest BCUT2D eigenvalue weighted by Crippen LogP contribution is 2.16. The van der Waals surface area contributed by atoms with Crippen molar-refractivity contribution in [1.29, 1.82) is 0 Å². The normalized spacial score (nSPS) is 10.6. The summed E-state index contributed by atoms with van der Waals surface area (Å²) in [7, 11) is 1.86. The third-order valence-corrected chi connectivity index (χ3v) is 4.57. The van der Waals surface area contributed by atoms with Crippen LogP contribution in [0.25, 0.3) is 11.5 Å². The van der Waals surface area contributed by atoms with E-state index in [0.717, 1.165) is 11.9 Å². The van der Waals surface area contributed by atoms with Crippen molar-refractivity contribution in [3.8, 4) is 11.5 Å². The van der Waals surface area contributed by atoms with Gasteiger partial charge in [0.15, 0.2) is 11.6 Å². The number of pyridine rings is 1. The summed E-state index contributed by atoms with van der Waals surface area (Å²) in [5, 5.41) is 14.4. The van der Waals surface area contributed by atoms with Crippen LogP contribution in [0, 0.1) is 5.82 Å². The second-order valence-electron chi connectivity index (χ2n) is 6.72. The van der Waals surface area contributed by atoms with Gasteiger partial charge in [-0.1, -0.05) is 6.07 Å². The minimum absolute atomic E-state index is 0.187. The Morgan fingerprint density at radius 3 is 2.81 bits per heavy atom. The van der Waals surface area contributed by atoms with E-state index in [1.807, 2.05) is 17.7 Å². The molecule has 0 aliphatic rings. The standard InChI is InChI=1S/C21H19FN8O/c1-30-19(28-29-20(30)18-5-6-23-13-27-18)12-25-17-4-2-3-15(8-17)21(31)26-10-14-7-16(22)11-24-9-14/h2-9,11,13,25H,10,12H2,1H3,(H,26,31). The Bertz CT molecular complexity index is 1190. The lowest BCUT2D eigenvalue weighted by atomic mass is 10.2. The van der Waals surface area contributed by atoms with Crippen molar-refractivity contribution in [2.24, 2.45) is 7.05 Å². The van der Waals surface area contributed by atoms with Crippen LogP contribution >= 0.6 is 0 Å². The number of aromatic nitrogens is 6. The second kappa shape index (κ2) is 9.08. The predicted octanol–water partition coefficient (Wildman–Crippen LogP) is 2.35. The SMILES string of the molecule is Cn1c(CNc2cccc(C(=O)NCc3cncc(F)c3)c2)nnc1-c1ccncn1. The lowest BCUT2D eigenvalue weighted by molar-refractivity contribution is 0.0951. The van der Waals surface area contributed by atoms with Gasteiger partial charge in [-0.2, -0.15) is 0 Å². The summed E-state index contributed by atoms with van der Waals surface area (Å²) >= 11 is 0. The van der Waals surface area contributed by atoms with Crippen molar-refractivity contribution in [2.45, 2.75) is 13.1 Å². The van der Waals surface area contributed by atoms with E-state index < -0.39 is 5.82 Å². The van der Waals surface area contributed by atoms with Crippen molar-refractivity contribution in [1.82, 2.24) is 35.0 Å². The Balaban J connectivity index is 1.39. The van der Waals surface area contributed by atoms with Crippen LogP contribution in [0.2, 0.25) is 0 Å². The molecule has 0 saturated heterocycles. The Kier molecular flexibility index (Phi) is 5.88. The highest BCUT2D eigenvalue weighted by Gasteiger charge is 2.12. The largest absolute Gasteiger partial charge is 0.378 e. The van der Waals surface area contributed by atoms with Crippen molar-refractivity contribution < 1.29 is 9.18 Å². The number of carbonyl (C=O) groups excluding carboxylic acids is 1. The van der Waals surface area contributed by atoms with Crippen LogP contribution in [-0.2, 0) is 20.1 Å². The third kappa shape index (κ3) is 4.86. The first-order chi connectivity index (χ1) is 15.1. The number of halogens is 1. The molecule has 0 spiro atoms. The predicted molar refractivity (Wildman–Crippen MR) is 111 cm³/mol. The molecule has 0 bridgehead atoms. The lowest BCUT2D eigenvalue weighted by Gasteiger charge is -2.09. The smallest absolute Gasteiger partial charge is 0.251 e. The molecule has 0 fully saturated rings. The molecule has 0 aliphatic heterocycles. The van der Waals surface area contributed by atoms with Gasteiger partial charge in [0.2, 0.25) is 0 Å². The van der Waals surface area contributed by atoms with E-state index in [1.165, 1.54) is 18.6 Å². The van der Waals surface area contributed by atoms with Crippen LogP contribution in [0.3, 0.4) is 0 Å². The van der Waals surface area contributed by atoms with Crippen LogP contribution in [0.4, 0.5) is 10.1 Å². The second-order valence-corrected chi connectivity index (χ2v) is 6.72. The van der Waals surface area contributed by atoms with E-state index in [0.29, 0.717) is 35.0 Å². The van der Waals surface area contributed by atoms with Crippen LogP contribution in [0.1, 0.15) is 21.7 Å². The van der Waals surface area contributed by atoms with Gasteiger partial charge in [0.25, 0.3) is 5.91 Å². The molecule has 0 radical (unpaired) electrons. The number of nitrogens with one attached hydrogen (secondary N) is 2. The van der Waals surface area contributed by atoms with E-state index in [9.17, 15) is 9.18 Å². The summed E-state index contributed by atoms with van der Waals surface area (Å²) in [5.74, 6) is 0.642. The summed E-state index contributed by atoms with van der Waals surface area (Å²) in [6, 6.07) is 10.2. The number of carbonyl (C=O) groups is 1. The summed E-state index contributed by atoms with van der Waals surface area (Å²) in [6.45, 7) is 0.598. The van der Waals surface area contributed by atoms with Crippen molar-refractivity contribution in [3.63, 3.8) is 0 Å². The van der Waals surface area contributed by atoms with Crippen molar-refractivity contribution in [3.05, 3.63) is 84.1 Å². The van der Waals surface area contributed by atoms with Gasteiger partial charge in [-0.05, 0) is 35.9 Å². The lowest BCUT2D eigenvalue weighted by Crippen LogP contribution is -2.23. The molecule has 31 heavy (non-hydrogen) atoms. The highest BCUT2D eigenvalue weighted by atomic mass is 19.1. The average Bonchev–Trinajstić information content (AvgIpc) is 3.17. The Morgan fingerprint density at radius 2 is 2.00 bits per heavy atom. The van der Waals surface area contributed by atoms with Gasteiger partial charge in [-0.3, -0.25) is 9.78 Å². The van der Waals surface area contributed by atoms with Crippen molar-refractivity contribution >= 4 is 11.6 Å². The summed E-state index contributed by atoms with van der Waals surface area (Å²) in [4.78, 5) is 24.3. The van der Waals surface area contributed by atoms with Crippen LogP contribution in [0.5, 0.6) is 0 Å². The maximum absolute atomic E-state index is 13.2. The molecule has 156 valence electrons. The molecular formula is C21H19FN8O. The first-order valence-electron chi connectivity index (χ1n) is 9.46. The Hall–Kier alpha value is -4.21. The fourth-order valence-corrected chi connectivity index (χ4v) is 2.95. The molecule has 4 rings (SSSR count). The molecule has 10 heteroatoms. The fourth-order valence-electron chi connectivity index (χ4n) is 2.95. The average molecular weight is 418 g/mol. The van der Waals surface area contributed by atoms with E-state index in [-0.39, 0.29) is 12.5 Å². The molecule has 9 nitrogen and oxygen atoms in total. The molecule has 3 aromatic heterocycles. The van der Waals surface area contributed by atoms with Gasteiger partial charge in [-0.15, -0.1) is 10.2 Å². The molecule has 1 amide bonds. The van der Waals surface area contributed by atoms with Gasteiger partial charge in [0.1, 0.15) is 17.8 Å². The molecule has 3 heterocycles. The summed E-state index contributed by atoms with van der Waals surface area (Å²) in [5.41, 5.74) is 2.51. The van der Waals surface area contributed by atoms with Crippen LogP contribution in [0.15, 0.2) is 61.3 Å². The van der Waals surface area contributed by atoms with Gasteiger partial charge >= 0.3 is 0 Å². The summed E-state index contributed by atoms with van der Waals surface area (Å²) in [6.07, 6.45) is 5.74. The van der Waals surface area contributed by atoms with Crippen LogP contribution < -0.4 is 10.6 Å². The van der Waals surface area contributed by atoms with E-state index in [2.05, 4.69) is 35.8 Å². The van der Waals surface area contributed by atoms with Gasteiger partial charge in [0, 0.05) is 37.2 Å². The van der Waals surface area contributed by atoms with Crippen molar-refractivity contribution in [2.75, 3.05) is 5.32 Å². The molecule has 2 N–H and O–H groups in total. The molecule has 0 atom stereocenters. The molecule has 0 aliphatic carbocycles. The quantitative estimate of drug-likeness (QED) is 0.474. The zero-order chi connectivity index (χ0) is 21.6. The number of rotatable bonds is 7. The zero-order valence-electron chi connectivity index (χ0n) is 16.7. The maximum atomic E-state index is 13.2. The van der Waals surface area contributed by atoms with Gasteiger partial charge in [-0.25, -0.2) is 14.4 Å². The maximum Gasteiger partial charge on any atom is 0.251 e. The number of amides is 1. The number of nitrogens with zero attached hydrogens (tertiary/aromatic N) is 6. The van der Waals surface area contributed by atoms with E-state index in [1.54, 1.807) is 30.5 Å². The van der Waals surface area contributed by atoms with Crippen LogP contribution in [-0.4, -0.2) is 35.6 Å². The molecule has 0 saturated carbocycles. The van der Waals surface area contributed by atoms with E-state index in [4.69, 9.17) is 0 Å². The van der Waals surface area contributed by atoms with Gasteiger partial charge < -0.3 is 15.2 Å². The number of hydrogen-bond acceptors (Lipinski definition) is 7. The monoisotopic (exact) mass is 418 g/mol. The molecular weight excluding hydrogens is 399 g/mol. The number of benzene rings is 1. The van der Waals surface area contributed by atoms with E-state index >= 15 is 0 Å². The molecule has 4 aromatic rings. The Morgan fingerprint density at radius 1 is 1.10 bits per heavy atom. The number of anilines is 1.